The summed E-state index contributed by atoms with van der Waals surface area (Å²) in [5, 5.41) is 0.395. The number of imide groups is 1. The minimum absolute atomic E-state index is 0.0241. The van der Waals surface area contributed by atoms with Crippen LogP contribution in [0.3, 0.4) is 0 Å². The van der Waals surface area contributed by atoms with Gasteiger partial charge in [0.15, 0.2) is 0 Å². The Hall–Kier alpha value is -2.24. The number of hydroxylamine groups is 2. The van der Waals surface area contributed by atoms with Gasteiger partial charge in [0.25, 0.3) is 11.8 Å². The molecule has 0 aliphatic heterocycles. The number of halogens is 1. The van der Waals surface area contributed by atoms with Crippen LogP contribution in [0.15, 0.2) is 24.3 Å². The van der Waals surface area contributed by atoms with Crippen molar-refractivity contribution >= 4 is 17.8 Å². The zero-order valence-electron chi connectivity index (χ0n) is 12.0. The summed E-state index contributed by atoms with van der Waals surface area (Å²) in [6.45, 7) is 6.63. The molecule has 2 amide bonds. The first kappa shape index (κ1) is 17.8. The highest BCUT2D eigenvalue weighted by Crippen LogP contribution is 2.07. The predicted octanol–water partition coefficient (Wildman–Crippen LogP) is 2.71. The quantitative estimate of drug-likeness (QED) is 0.783. The highest BCUT2D eigenvalue weighted by molar-refractivity contribution is 5.96. The number of nitrogens with zero attached hydrogens (tertiary/aromatic N) is 1. The van der Waals surface area contributed by atoms with Gasteiger partial charge < -0.3 is 4.84 Å². The van der Waals surface area contributed by atoms with Crippen LogP contribution in [0.5, 0.6) is 0 Å². The smallest absolute Gasteiger partial charge is 0.325 e. The molecule has 0 radical (unpaired) electrons. The van der Waals surface area contributed by atoms with Crippen molar-refractivity contribution in [2.75, 3.05) is 0 Å². The van der Waals surface area contributed by atoms with Crippen LogP contribution >= 0.6 is 0 Å². The monoisotopic (exact) mass is 283 g/mol. The molecule has 0 N–H and O–H groups in total. The maximum Gasteiger partial charge on any atom is 0.363 e. The minimum atomic E-state index is -0.896. The van der Waals surface area contributed by atoms with Crippen LogP contribution in [0, 0.1) is 5.82 Å². The van der Waals surface area contributed by atoms with E-state index in [-0.39, 0.29) is 12.0 Å². The lowest BCUT2D eigenvalue weighted by molar-refractivity contribution is -0.178. The van der Waals surface area contributed by atoms with E-state index < -0.39 is 23.6 Å². The fourth-order valence-electron chi connectivity index (χ4n) is 1.16. The standard InChI is InChI=1S/C12H12FNO4.C2H6/c1-3-11(16)14(8(2)15)18-12(17)9-4-6-10(13)7-5-9;1-2/h4-7H,3H2,1-2H3;1-2H3. The molecule has 0 unspecified atom stereocenters. The Morgan fingerprint density at radius 2 is 1.65 bits per heavy atom. The molecule has 110 valence electrons. The normalized spacial score (nSPS) is 9.05. The van der Waals surface area contributed by atoms with Gasteiger partial charge >= 0.3 is 5.97 Å². The molecule has 0 heterocycles. The molecule has 0 aliphatic carbocycles. The van der Waals surface area contributed by atoms with Crippen LogP contribution in [-0.2, 0) is 14.4 Å². The molecule has 0 atom stereocenters. The molecular formula is C14H18FNO4. The Morgan fingerprint density at radius 1 is 1.15 bits per heavy atom. The third kappa shape index (κ3) is 5.17. The number of carbonyl (C=O) groups excluding carboxylic acids is 3. The lowest BCUT2D eigenvalue weighted by Gasteiger charge is -2.16. The first-order valence-corrected chi connectivity index (χ1v) is 6.27. The number of rotatable bonds is 2. The molecule has 0 saturated heterocycles. The summed E-state index contributed by atoms with van der Waals surface area (Å²) in [5.41, 5.74) is 0.0477. The van der Waals surface area contributed by atoms with E-state index in [4.69, 9.17) is 0 Å². The molecule has 1 aromatic rings. The van der Waals surface area contributed by atoms with Crippen LogP contribution in [0.2, 0.25) is 0 Å². The average molecular weight is 283 g/mol. The molecule has 0 fully saturated rings. The molecule has 20 heavy (non-hydrogen) atoms. The SMILES string of the molecule is CC.CCC(=O)N(OC(=O)c1ccc(F)cc1)C(C)=O. The van der Waals surface area contributed by atoms with E-state index in [2.05, 4.69) is 4.84 Å². The number of benzene rings is 1. The third-order valence-corrected chi connectivity index (χ3v) is 2.07. The summed E-state index contributed by atoms with van der Waals surface area (Å²) in [5.74, 6) is -2.72. The molecule has 1 aromatic carbocycles. The largest absolute Gasteiger partial charge is 0.363 e. The first-order chi connectivity index (χ1) is 9.45. The molecule has 6 heteroatoms. The topological polar surface area (TPSA) is 63.7 Å². The molecule has 5 nitrogen and oxygen atoms in total. The molecule has 0 aliphatic rings. The molecular weight excluding hydrogens is 265 g/mol. The lowest BCUT2D eigenvalue weighted by atomic mass is 10.2. The third-order valence-electron chi connectivity index (χ3n) is 2.07. The summed E-state index contributed by atoms with van der Waals surface area (Å²) < 4.78 is 12.7. The van der Waals surface area contributed by atoms with Crippen molar-refractivity contribution < 1.29 is 23.6 Å². The number of hydrogen-bond donors (Lipinski definition) is 0. The zero-order valence-corrected chi connectivity index (χ0v) is 12.0. The maximum absolute atomic E-state index is 12.7. The molecule has 1 rings (SSSR count). The van der Waals surface area contributed by atoms with Gasteiger partial charge in [-0.2, -0.15) is 0 Å². The van der Waals surface area contributed by atoms with Crippen molar-refractivity contribution in [2.45, 2.75) is 34.1 Å². The van der Waals surface area contributed by atoms with E-state index in [1.165, 1.54) is 19.1 Å². The molecule has 0 aromatic heterocycles. The Balaban J connectivity index is 0.00000172. The van der Waals surface area contributed by atoms with Gasteiger partial charge in [-0.05, 0) is 24.3 Å². The van der Waals surface area contributed by atoms with E-state index >= 15 is 0 Å². The van der Waals surface area contributed by atoms with Gasteiger partial charge in [0.05, 0.1) is 5.56 Å². The van der Waals surface area contributed by atoms with Gasteiger partial charge in [-0.3, -0.25) is 9.59 Å². The summed E-state index contributed by atoms with van der Waals surface area (Å²) in [4.78, 5) is 38.7. The van der Waals surface area contributed by atoms with Gasteiger partial charge in [0.2, 0.25) is 0 Å². The van der Waals surface area contributed by atoms with Crippen LogP contribution in [0.25, 0.3) is 0 Å². The van der Waals surface area contributed by atoms with E-state index in [0.29, 0.717) is 5.06 Å². The van der Waals surface area contributed by atoms with E-state index in [0.717, 1.165) is 19.1 Å². The Kier molecular flexibility index (Phi) is 7.81. The summed E-state index contributed by atoms with van der Waals surface area (Å²) in [6, 6.07) is 4.56. The fourth-order valence-corrected chi connectivity index (χ4v) is 1.16. The zero-order chi connectivity index (χ0) is 15.7. The second kappa shape index (κ2) is 8.79. The van der Waals surface area contributed by atoms with E-state index in [9.17, 15) is 18.8 Å². The molecule has 0 spiro atoms. The lowest BCUT2D eigenvalue weighted by Crippen LogP contribution is -2.36. The highest BCUT2D eigenvalue weighted by Gasteiger charge is 2.22. The highest BCUT2D eigenvalue weighted by atomic mass is 19.1. The van der Waals surface area contributed by atoms with E-state index in [1.54, 1.807) is 0 Å². The molecule has 0 bridgehead atoms. The second-order valence-corrected chi connectivity index (χ2v) is 3.45. The summed E-state index contributed by atoms with van der Waals surface area (Å²) >= 11 is 0. The van der Waals surface area contributed by atoms with Crippen molar-refractivity contribution in [1.82, 2.24) is 5.06 Å². The predicted molar refractivity (Wildman–Crippen MR) is 71.0 cm³/mol. The van der Waals surface area contributed by atoms with Crippen LogP contribution < -0.4 is 0 Å². The maximum atomic E-state index is 12.7. The van der Waals surface area contributed by atoms with Crippen molar-refractivity contribution in [3.05, 3.63) is 35.6 Å². The number of hydrogen-bond acceptors (Lipinski definition) is 4. The first-order valence-electron chi connectivity index (χ1n) is 6.27. The number of carbonyl (C=O) groups is 3. The Labute approximate surface area is 117 Å². The summed E-state index contributed by atoms with van der Waals surface area (Å²) in [6.07, 6.45) is 0.0241. The van der Waals surface area contributed by atoms with Crippen molar-refractivity contribution in [1.29, 1.82) is 0 Å². The number of amides is 2. The van der Waals surface area contributed by atoms with Gasteiger partial charge in [-0.1, -0.05) is 20.8 Å². The Morgan fingerprint density at radius 3 is 2.05 bits per heavy atom. The van der Waals surface area contributed by atoms with Crippen molar-refractivity contribution in [3.63, 3.8) is 0 Å². The summed E-state index contributed by atoms with van der Waals surface area (Å²) in [7, 11) is 0. The van der Waals surface area contributed by atoms with Crippen LogP contribution in [0.4, 0.5) is 4.39 Å². The van der Waals surface area contributed by atoms with Crippen molar-refractivity contribution in [2.24, 2.45) is 0 Å². The van der Waals surface area contributed by atoms with Crippen LogP contribution in [0.1, 0.15) is 44.5 Å². The van der Waals surface area contributed by atoms with Gasteiger partial charge in [-0.15, -0.1) is 5.06 Å². The minimum Gasteiger partial charge on any atom is -0.325 e. The van der Waals surface area contributed by atoms with E-state index in [1.807, 2.05) is 13.8 Å². The second-order valence-electron chi connectivity index (χ2n) is 3.45. The average Bonchev–Trinajstić information content (AvgIpc) is 2.46. The molecule has 0 saturated carbocycles. The van der Waals surface area contributed by atoms with Crippen molar-refractivity contribution in [3.8, 4) is 0 Å². The Bertz CT molecular complexity index is 471. The van der Waals surface area contributed by atoms with Gasteiger partial charge in [0, 0.05) is 13.3 Å². The fraction of sp³-hybridized carbons (Fsp3) is 0.357. The van der Waals surface area contributed by atoms with Crippen LogP contribution in [-0.4, -0.2) is 22.8 Å². The van der Waals surface area contributed by atoms with Gasteiger partial charge in [-0.25, -0.2) is 9.18 Å². The van der Waals surface area contributed by atoms with Gasteiger partial charge in [0.1, 0.15) is 5.82 Å².